The van der Waals surface area contributed by atoms with Gasteiger partial charge in [0.05, 0.1) is 31.2 Å². The molecule has 3 aromatic carbocycles. The summed E-state index contributed by atoms with van der Waals surface area (Å²) >= 11 is 7.19. The van der Waals surface area contributed by atoms with E-state index in [1.165, 1.54) is 11.8 Å². The zero-order valence-corrected chi connectivity index (χ0v) is 20.7. The zero-order chi connectivity index (χ0) is 24.8. The minimum absolute atomic E-state index is 0.0711. The van der Waals surface area contributed by atoms with Crippen molar-refractivity contribution in [2.45, 2.75) is 5.03 Å². The van der Waals surface area contributed by atoms with Gasteiger partial charge in [-0.25, -0.2) is 4.98 Å². The Morgan fingerprint density at radius 2 is 1.49 bits per heavy atom. The number of benzene rings is 3. The summed E-state index contributed by atoms with van der Waals surface area (Å²) in [5.41, 5.74) is 4.13. The monoisotopic (exact) mass is 500 g/mol. The van der Waals surface area contributed by atoms with Crippen molar-refractivity contribution in [1.29, 1.82) is 5.26 Å². The Bertz CT molecular complexity index is 1380. The second-order valence-electron chi connectivity index (χ2n) is 7.52. The number of thioether (sulfide) groups is 1. The van der Waals surface area contributed by atoms with Crippen molar-refractivity contribution >= 4 is 29.1 Å². The fourth-order valence-electron chi connectivity index (χ4n) is 3.50. The number of pyridine rings is 1. The number of nitrogens with zero attached hydrogens (tertiary/aromatic N) is 2. The summed E-state index contributed by atoms with van der Waals surface area (Å²) in [5, 5.41) is 11.1. The van der Waals surface area contributed by atoms with E-state index in [1.54, 1.807) is 38.5 Å². The van der Waals surface area contributed by atoms with Crippen LogP contribution in [0.2, 0.25) is 5.02 Å². The van der Waals surface area contributed by atoms with Gasteiger partial charge in [0.15, 0.2) is 5.78 Å². The van der Waals surface area contributed by atoms with E-state index >= 15 is 0 Å². The predicted octanol–water partition coefficient (Wildman–Crippen LogP) is 6.93. The molecule has 0 saturated carbocycles. The Balaban J connectivity index is 1.75. The van der Waals surface area contributed by atoms with Crippen molar-refractivity contribution in [2.75, 3.05) is 20.0 Å². The number of Topliss-reactive ketones (excluding diaryl/α,β-unsaturated/α-hetero) is 1. The van der Waals surface area contributed by atoms with Gasteiger partial charge in [0, 0.05) is 21.7 Å². The molecule has 0 spiro atoms. The van der Waals surface area contributed by atoms with Gasteiger partial charge in [-0.2, -0.15) is 5.26 Å². The number of methoxy groups -OCH3 is 2. The summed E-state index contributed by atoms with van der Waals surface area (Å²) in [6.07, 6.45) is 0. The van der Waals surface area contributed by atoms with Gasteiger partial charge >= 0.3 is 0 Å². The van der Waals surface area contributed by atoms with E-state index in [9.17, 15) is 10.1 Å². The molecule has 7 heteroatoms. The first-order valence-electron chi connectivity index (χ1n) is 10.7. The van der Waals surface area contributed by atoms with Crippen molar-refractivity contribution in [3.63, 3.8) is 0 Å². The highest BCUT2D eigenvalue weighted by Crippen LogP contribution is 2.35. The van der Waals surface area contributed by atoms with E-state index < -0.39 is 0 Å². The molecule has 0 atom stereocenters. The molecule has 0 bridgehead atoms. The molecule has 1 aromatic heterocycles. The van der Waals surface area contributed by atoms with Crippen LogP contribution in [0.25, 0.3) is 22.4 Å². The molecule has 0 aliphatic rings. The molecular formula is C28H21ClN2O3S. The number of ether oxygens (including phenoxy) is 2. The molecule has 4 aromatic rings. The Kier molecular flexibility index (Phi) is 7.71. The van der Waals surface area contributed by atoms with Crippen molar-refractivity contribution in [3.8, 4) is 40.0 Å². The van der Waals surface area contributed by atoms with Gasteiger partial charge in [0.25, 0.3) is 0 Å². The second-order valence-corrected chi connectivity index (χ2v) is 8.92. The SMILES string of the molecule is COc1ccc(-c2cc(-c3ccc(OC)cc3)c(C#N)c(SCC(=O)c3ccc(Cl)cc3)n2)cc1. The Morgan fingerprint density at radius 3 is 2.03 bits per heavy atom. The van der Waals surface area contributed by atoms with Crippen LogP contribution in [-0.4, -0.2) is 30.7 Å². The molecule has 0 fully saturated rings. The van der Waals surface area contributed by atoms with E-state index in [-0.39, 0.29) is 11.5 Å². The molecule has 0 amide bonds. The molecular weight excluding hydrogens is 480 g/mol. The van der Waals surface area contributed by atoms with Crippen molar-refractivity contribution < 1.29 is 14.3 Å². The number of hydrogen-bond donors (Lipinski definition) is 0. The van der Waals surface area contributed by atoms with Crippen LogP contribution >= 0.6 is 23.4 Å². The number of ketones is 1. The highest BCUT2D eigenvalue weighted by Gasteiger charge is 2.18. The van der Waals surface area contributed by atoms with Gasteiger partial charge < -0.3 is 9.47 Å². The second kappa shape index (κ2) is 11.1. The largest absolute Gasteiger partial charge is 0.497 e. The summed E-state index contributed by atoms with van der Waals surface area (Å²) in [4.78, 5) is 17.5. The van der Waals surface area contributed by atoms with Crippen LogP contribution in [0.5, 0.6) is 11.5 Å². The fraction of sp³-hybridized carbons (Fsp3) is 0.107. The first kappa shape index (κ1) is 24.3. The molecule has 4 rings (SSSR count). The van der Waals surface area contributed by atoms with Gasteiger partial charge in [-0.1, -0.05) is 35.5 Å². The van der Waals surface area contributed by atoms with Crippen LogP contribution in [0.3, 0.4) is 0 Å². The maximum atomic E-state index is 12.8. The van der Waals surface area contributed by atoms with Crippen molar-refractivity contribution in [2.24, 2.45) is 0 Å². The average Bonchev–Trinajstić information content (AvgIpc) is 2.91. The quantitative estimate of drug-likeness (QED) is 0.193. The Hall–Kier alpha value is -3.79. The normalized spacial score (nSPS) is 10.5. The van der Waals surface area contributed by atoms with Gasteiger partial charge in [-0.3, -0.25) is 4.79 Å². The first-order chi connectivity index (χ1) is 17.0. The first-order valence-corrected chi connectivity index (χ1v) is 12.0. The smallest absolute Gasteiger partial charge is 0.173 e. The number of nitriles is 1. The molecule has 0 saturated heterocycles. The van der Waals surface area contributed by atoms with Crippen LogP contribution in [0.15, 0.2) is 83.9 Å². The number of hydrogen-bond acceptors (Lipinski definition) is 6. The average molecular weight is 501 g/mol. The predicted molar refractivity (Wildman–Crippen MR) is 139 cm³/mol. The van der Waals surface area contributed by atoms with Gasteiger partial charge in [-0.15, -0.1) is 0 Å². The Morgan fingerprint density at radius 1 is 0.914 bits per heavy atom. The van der Waals surface area contributed by atoms with Crippen molar-refractivity contribution in [1.82, 2.24) is 4.98 Å². The van der Waals surface area contributed by atoms with E-state index in [4.69, 9.17) is 26.1 Å². The summed E-state index contributed by atoms with van der Waals surface area (Å²) < 4.78 is 10.5. The van der Waals surface area contributed by atoms with E-state index in [0.29, 0.717) is 26.9 Å². The Labute approximate surface area is 213 Å². The number of carbonyl (C=O) groups is 1. The van der Waals surface area contributed by atoms with E-state index in [1.807, 2.05) is 54.6 Å². The van der Waals surface area contributed by atoms with E-state index in [0.717, 1.165) is 28.2 Å². The maximum Gasteiger partial charge on any atom is 0.173 e. The van der Waals surface area contributed by atoms with Crippen LogP contribution in [-0.2, 0) is 0 Å². The third kappa shape index (κ3) is 5.65. The zero-order valence-electron chi connectivity index (χ0n) is 19.1. The molecule has 0 aliphatic heterocycles. The molecule has 35 heavy (non-hydrogen) atoms. The lowest BCUT2D eigenvalue weighted by atomic mass is 9.99. The number of halogens is 1. The minimum Gasteiger partial charge on any atom is -0.497 e. The standard InChI is InChI=1S/C28H21ClN2O3S/c1-33-22-11-5-18(6-12-22)24-15-26(19-7-13-23(34-2)14-8-19)31-28(25(24)16-30)35-17-27(32)20-3-9-21(29)10-4-20/h3-15H,17H2,1-2H3. The highest BCUT2D eigenvalue weighted by atomic mass is 35.5. The van der Waals surface area contributed by atoms with Crippen LogP contribution in [0.1, 0.15) is 15.9 Å². The summed E-state index contributed by atoms with van der Waals surface area (Å²) in [7, 11) is 3.22. The lowest BCUT2D eigenvalue weighted by Gasteiger charge is -2.13. The fourth-order valence-corrected chi connectivity index (χ4v) is 4.52. The molecule has 1 heterocycles. The molecule has 5 nitrogen and oxygen atoms in total. The summed E-state index contributed by atoms with van der Waals surface area (Å²) in [6.45, 7) is 0. The maximum absolute atomic E-state index is 12.8. The van der Waals surface area contributed by atoms with Crippen LogP contribution < -0.4 is 9.47 Å². The summed E-state index contributed by atoms with van der Waals surface area (Å²) in [6, 6.07) is 26.0. The topological polar surface area (TPSA) is 72.2 Å². The highest BCUT2D eigenvalue weighted by molar-refractivity contribution is 8.00. The number of aromatic nitrogens is 1. The van der Waals surface area contributed by atoms with Gasteiger partial charge in [-0.05, 0) is 72.3 Å². The molecule has 0 radical (unpaired) electrons. The van der Waals surface area contributed by atoms with Crippen molar-refractivity contribution in [3.05, 3.63) is 95.0 Å². The van der Waals surface area contributed by atoms with Crippen LogP contribution in [0, 0.1) is 11.3 Å². The summed E-state index contributed by atoms with van der Waals surface area (Å²) in [5.74, 6) is 1.52. The number of carbonyl (C=O) groups excluding carboxylic acids is 1. The van der Waals surface area contributed by atoms with Gasteiger partial charge in [0.1, 0.15) is 22.6 Å². The molecule has 0 unspecified atom stereocenters. The third-order valence-electron chi connectivity index (χ3n) is 5.39. The third-order valence-corrected chi connectivity index (χ3v) is 6.62. The lowest BCUT2D eigenvalue weighted by Crippen LogP contribution is -2.04. The molecule has 0 aliphatic carbocycles. The lowest BCUT2D eigenvalue weighted by molar-refractivity contribution is 0.102. The molecule has 174 valence electrons. The van der Waals surface area contributed by atoms with Gasteiger partial charge in [0.2, 0.25) is 0 Å². The van der Waals surface area contributed by atoms with E-state index in [2.05, 4.69) is 6.07 Å². The minimum atomic E-state index is -0.0711. The number of rotatable bonds is 8. The molecule has 0 N–H and O–H groups in total. The van der Waals surface area contributed by atoms with Crippen LogP contribution in [0.4, 0.5) is 0 Å².